The van der Waals surface area contributed by atoms with E-state index in [-0.39, 0.29) is 11.5 Å². The zero-order valence-electron chi connectivity index (χ0n) is 10.8. The largest absolute Gasteiger partial charge is 0.293 e. The average Bonchev–Trinajstić information content (AvgIpc) is 2.53. The molecule has 0 bridgehead atoms. The number of carbonyl (C=O) groups is 1. The van der Waals surface area contributed by atoms with Gasteiger partial charge in [0.15, 0.2) is 5.78 Å². The molecule has 0 spiro atoms. The molecule has 0 aliphatic rings. The van der Waals surface area contributed by atoms with E-state index in [1.54, 1.807) is 0 Å². The Balaban J connectivity index is 2.17. The first-order valence-electron chi connectivity index (χ1n) is 6.12. The van der Waals surface area contributed by atoms with E-state index in [1.165, 1.54) is 24.3 Å². The zero-order valence-corrected chi connectivity index (χ0v) is 13.1. The van der Waals surface area contributed by atoms with Crippen LogP contribution in [-0.2, 0) is 0 Å². The molecule has 108 valence electrons. The van der Waals surface area contributed by atoms with Gasteiger partial charge in [-0.05, 0) is 17.7 Å². The van der Waals surface area contributed by atoms with Crippen molar-refractivity contribution in [2.45, 2.75) is 10.2 Å². The molecule has 0 heterocycles. The lowest BCUT2D eigenvalue weighted by molar-refractivity contribution is -0.384. The number of halogens is 2. The summed E-state index contributed by atoms with van der Waals surface area (Å²) >= 11 is 9.62. The van der Waals surface area contributed by atoms with Gasteiger partial charge in [0, 0.05) is 17.7 Å². The molecule has 4 nitrogen and oxygen atoms in total. The van der Waals surface area contributed by atoms with Gasteiger partial charge in [-0.2, -0.15) is 0 Å². The topological polar surface area (TPSA) is 60.2 Å². The van der Waals surface area contributed by atoms with Crippen molar-refractivity contribution in [3.8, 4) is 0 Å². The number of hydrogen-bond acceptors (Lipinski definition) is 3. The summed E-state index contributed by atoms with van der Waals surface area (Å²) in [5.41, 5.74) is 1.16. The van der Waals surface area contributed by atoms with Crippen molar-refractivity contribution in [3.05, 3.63) is 75.8 Å². The van der Waals surface area contributed by atoms with E-state index in [0.717, 1.165) is 5.56 Å². The van der Waals surface area contributed by atoms with Gasteiger partial charge >= 0.3 is 0 Å². The highest BCUT2D eigenvalue weighted by atomic mass is 79.9. The van der Waals surface area contributed by atoms with Gasteiger partial charge in [0.1, 0.15) is 0 Å². The Morgan fingerprint density at radius 1 is 1.10 bits per heavy atom. The maximum absolute atomic E-state index is 12.3. The minimum atomic E-state index is -0.608. The van der Waals surface area contributed by atoms with Crippen LogP contribution in [0.25, 0.3) is 0 Å². The number of nitro benzene ring substituents is 1. The molecule has 0 aromatic heterocycles. The van der Waals surface area contributed by atoms with Crippen LogP contribution in [0.5, 0.6) is 0 Å². The molecular formula is C15H11BrClNO3. The van der Waals surface area contributed by atoms with E-state index >= 15 is 0 Å². The number of ketones is 1. The number of non-ortho nitro benzene ring substituents is 1. The third kappa shape index (κ3) is 3.68. The standard InChI is InChI=1S/C15H11BrClNO3/c16-13(14(17)10-4-2-1-3-5-10)15(19)11-6-8-12(9-7-11)18(20)21/h1-9,13-14H/t13-,14-/m1/s1. The van der Waals surface area contributed by atoms with Gasteiger partial charge in [0.2, 0.25) is 0 Å². The lowest BCUT2D eigenvalue weighted by atomic mass is 10.0. The third-order valence-corrected chi connectivity index (χ3v) is 4.74. The molecule has 21 heavy (non-hydrogen) atoms. The molecular weight excluding hydrogens is 358 g/mol. The van der Waals surface area contributed by atoms with Crippen molar-refractivity contribution < 1.29 is 9.72 Å². The summed E-state index contributed by atoms with van der Waals surface area (Å²) < 4.78 is 0. The fraction of sp³-hybridized carbons (Fsp3) is 0.133. The Kier molecular flexibility index (Phi) is 5.09. The first-order chi connectivity index (χ1) is 10.0. The molecule has 0 amide bonds. The normalized spacial score (nSPS) is 13.4. The molecule has 0 radical (unpaired) electrons. The molecule has 6 heteroatoms. The van der Waals surface area contributed by atoms with Crippen LogP contribution in [0.2, 0.25) is 0 Å². The number of carbonyl (C=O) groups excluding carboxylic acids is 1. The molecule has 2 aromatic carbocycles. The van der Waals surface area contributed by atoms with E-state index in [4.69, 9.17) is 11.6 Å². The second-order valence-electron chi connectivity index (χ2n) is 4.38. The van der Waals surface area contributed by atoms with Gasteiger partial charge in [0.25, 0.3) is 5.69 Å². The van der Waals surface area contributed by atoms with Gasteiger partial charge in [-0.1, -0.05) is 46.3 Å². The number of alkyl halides is 2. The first-order valence-corrected chi connectivity index (χ1v) is 7.47. The van der Waals surface area contributed by atoms with Crippen molar-refractivity contribution in [1.82, 2.24) is 0 Å². The average molecular weight is 369 g/mol. The molecule has 2 atom stereocenters. The second kappa shape index (κ2) is 6.83. The molecule has 0 aliphatic carbocycles. The van der Waals surface area contributed by atoms with Gasteiger partial charge in [0.05, 0.1) is 15.1 Å². The Hall–Kier alpha value is -1.72. The quantitative estimate of drug-likeness (QED) is 0.337. The van der Waals surface area contributed by atoms with Crippen molar-refractivity contribution >= 4 is 39.0 Å². The fourth-order valence-electron chi connectivity index (χ4n) is 1.85. The molecule has 0 N–H and O–H groups in total. The van der Waals surface area contributed by atoms with E-state index < -0.39 is 15.1 Å². The molecule has 2 aromatic rings. The third-order valence-electron chi connectivity index (χ3n) is 2.99. The summed E-state index contributed by atoms with van der Waals surface area (Å²) in [4.78, 5) is 21.8. The predicted molar refractivity (Wildman–Crippen MR) is 85.2 cm³/mol. The van der Waals surface area contributed by atoms with Crippen LogP contribution in [-0.4, -0.2) is 15.5 Å². The molecule has 0 aliphatic heterocycles. The monoisotopic (exact) mass is 367 g/mol. The predicted octanol–water partition coefficient (Wildman–Crippen LogP) is 4.52. The number of benzene rings is 2. The van der Waals surface area contributed by atoms with Crippen LogP contribution in [0, 0.1) is 10.1 Å². The zero-order chi connectivity index (χ0) is 15.4. The van der Waals surface area contributed by atoms with Crippen molar-refractivity contribution in [3.63, 3.8) is 0 Å². The smallest absolute Gasteiger partial charge is 0.269 e. The lowest BCUT2D eigenvalue weighted by Gasteiger charge is -2.15. The SMILES string of the molecule is O=C(c1ccc([N+](=O)[O-])cc1)[C@H](Br)[C@H](Cl)c1ccccc1. The van der Waals surface area contributed by atoms with Crippen molar-refractivity contribution in [2.24, 2.45) is 0 Å². The van der Waals surface area contributed by atoms with Crippen LogP contribution in [0.3, 0.4) is 0 Å². The summed E-state index contributed by atoms with van der Waals surface area (Å²) in [6.07, 6.45) is 0. The van der Waals surface area contributed by atoms with Gasteiger partial charge in [-0.15, -0.1) is 11.6 Å². The van der Waals surface area contributed by atoms with Crippen LogP contribution >= 0.6 is 27.5 Å². The Morgan fingerprint density at radius 3 is 2.19 bits per heavy atom. The van der Waals surface area contributed by atoms with Crippen molar-refractivity contribution in [2.75, 3.05) is 0 Å². The van der Waals surface area contributed by atoms with E-state index in [1.807, 2.05) is 30.3 Å². The highest BCUT2D eigenvalue weighted by Crippen LogP contribution is 2.31. The molecule has 2 rings (SSSR count). The number of hydrogen-bond donors (Lipinski definition) is 0. The number of Topliss-reactive ketones (excluding diaryl/α,β-unsaturated/α-hetero) is 1. The number of nitro groups is 1. The van der Waals surface area contributed by atoms with Crippen LogP contribution in [0.4, 0.5) is 5.69 Å². The highest BCUT2D eigenvalue weighted by Gasteiger charge is 2.26. The number of rotatable bonds is 5. The van der Waals surface area contributed by atoms with E-state index in [2.05, 4.69) is 15.9 Å². The lowest BCUT2D eigenvalue weighted by Crippen LogP contribution is -2.19. The number of nitrogens with zero attached hydrogens (tertiary/aromatic N) is 1. The summed E-state index contributed by atoms with van der Waals surface area (Å²) in [5, 5.41) is 10.1. The molecule has 0 saturated carbocycles. The van der Waals surface area contributed by atoms with Gasteiger partial charge in [-0.3, -0.25) is 14.9 Å². The highest BCUT2D eigenvalue weighted by molar-refractivity contribution is 9.10. The minimum Gasteiger partial charge on any atom is -0.293 e. The van der Waals surface area contributed by atoms with Gasteiger partial charge in [-0.25, -0.2) is 0 Å². The molecule has 0 saturated heterocycles. The Bertz CT molecular complexity index is 646. The Labute approximate surface area is 135 Å². The van der Waals surface area contributed by atoms with Gasteiger partial charge < -0.3 is 0 Å². The summed E-state index contributed by atoms with van der Waals surface area (Å²) in [6.45, 7) is 0. The maximum Gasteiger partial charge on any atom is 0.269 e. The minimum absolute atomic E-state index is 0.0526. The Morgan fingerprint density at radius 2 is 1.67 bits per heavy atom. The second-order valence-corrected chi connectivity index (χ2v) is 5.84. The van der Waals surface area contributed by atoms with E-state index in [9.17, 15) is 14.9 Å². The van der Waals surface area contributed by atoms with Crippen LogP contribution < -0.4 is 0 Å². The van der Waals surface area contributed by atoms with Crippen LogP contribution in [0.1, 0.15) is 21.3 Å². The first kappa shape index (κ1) is 15.7. The summed E-state index contributed by atoms with van der Waals surface area (Å²) in [5.74, 6) is -0.214. The van der Waals surface area contributed by atoms with Crippen molar-refractivity contribution in [1.29, 1.82) is 0 Å². The fourth-order valence-corrected chi connectivity index (χ4v) is 2.67. The summed E-state index contributed by atoms with van der Waals surface area (Å²) in [6, 6.07) is 14.7. The maximum atomic E-state index is 12.3. The summed E-state index contributed by atoms with van der Waals surface area (Å²) in [7, 11) is 0. The van der Waals surface area contributed by atoms with E-state index in [0.29, 0.717) is 5.56 Å². The molecule has 0 fully saturated rings. The van der Waals surface area contributed by atoms with Crippen LogP contribution in [0.15, 0.2) is 54.6 Å². The molecule has 0 unspecified atom stereocenters.